The van der Waals surface area contributed by atoms with E-state index in [0.29, 0.717) is 0 Å². The van der Waals surface area contributed by atoms with Crippen LogP contribution in [0.1, 0.15) is 266 Å². The molecule has 0 rings (SSSR count). The lowest BCUT2D eigenvalue weighted by atomic mass is 10.0. The van der Waals surface area contributed by atoms with Crippen LogP contribution >= 0.6 is 0 Å². The van der Waals surface area contributed by atoms with Crippen molar-refractivity contribution in [3.05, 3.63) is 0 Å². The molecule has 0 aromatic carbocycles. The number of rotatable bonds is 40. The van der Waals surface area contributed by atoms with E-state index in [0.717, 1.165) is 12.8 Å². The van der Waals surface area contributed by atoms with E-state index in [4.69, 9.17) is 0 Å². The molecular formula is C46H95NO2. The van der Waals surface area contributed by atoms with Crippen molar-refractivity contribution in [3.8, 4) is 0 Å². The third-order valence-electron chi connectivity index (χ3n) is 10.9. The number of carboxylic acids is 1. The van der Waals surface area contributed by atoms with E-state index >= 15 is 0 Å². The van der Waals surface area contributed by atoms with Crippen LogP contribution < -0.4 is 5.11 Å². The number of hydrogen-bond donors (Lipinski definition) is 0. The quantitative estimate of drug-likeness (QED) is 0.0473. The van der Waals surface area contributed by atoms with Crippen LogP contribution in [0.2, 0.25) is 0 Å². The van der Waals surface area contributed by atoms with Gasteiger partial charge in [0.15, 0.2) is 0 Å². The molecule has 3 nitrogen and oxygen atoms in total. The van der Waals surface area contributed by atoms with Gasteiger partial charge in [-0.05, 0) is 64.2 Å². The molecule has 0 spiro atoms. The molecule has 0 aliphatic rings. The van der Waals surface area contributed by atoms with Crippen LogP contribution in [0.25, 0.3) is 0 Å². The molecule has 0 amide bonds. The highest BCUT2D eigenvalue weighted by Crippen LogP contribution is 2.21. The van der Waals surface area contributed by atoms with Crippen molar-refractivity contribution in [1.82, 2.24) is 0 Å². The molecular weight excluding hydrogens is 599 g/mol. The van der Waals surface area contributed by atoms with Crippen molar-refractivity contribution in [3.63, 3.8) is 0 Å². The Kier molecular flexibility index (Phi) is 45.0. The number of nitrogens with zero attached hydrogens (tertiary/aromatic N) is 1. The first kappa shape index (κ1) is 50.5. The summed E-state index contributed by atoms with van der Waals surface area (Å²) in [5, 5.41) is 10.1. The standard InChI is InChI=1S/C32H68N.C14H28O2/c1-5-9-13-17-21-25-29-33(30-26-22-18-14-10-6-2,31-27-23-19-15-11-7-3)32-28-24-20-16-12-8-4;1-2-3-4-5-6-7-8-9-10-11-12-13-14(15)16/h5-32H2,1-4H3;2-13H2,1H3,(H,15,16)/q+1;/p-1. The fourth-order valence-electron chi connectivity index (χ4n) is 7.51. The van der Waals surface area contributed by atoms with Gasteiger partial charge in [-0.15, -0.1) is 0 Å². The average Bonchev–Trinajstić information content (AvgIpc) is 3.10. The van der Waals surface area contributed by atoms with Gasteiger partial charge in [0, 0.05) is 5.97 Å². The number of unbranched alkanes of at least 4 members (excludes halogenated alkanes) is 30. The van der Waals surface area contributed by atoms with Gasteiger partial charge in [-0.3, -0.25) is 0 Å². The number of hydrogen-bond acceptors (Lipinski definition) is 2. The molecule has 0 N–H and O–H groups in total. The van der Waals surface area contributed by atoms with Crippen LogP contribution in [0.5, 0.6) is 0 Å². The Labute approximate surface area is 311 Å². The van der Waals surface area contributed by atoms with Crippen molar-refractivity contribution in [2.24, 2.45) is 0 Å². The van der Waals surface area contributed by atoms with Crippen LogP contribution in [-0.4, -0.2) is 36.6 Å². The predicted molar refractivity (Wildman–Crippen MR) is 219 cm³/mol. The second kappa shape index (κ2) is 43.6. The molecule has 49 heavy (non-hydrogen) atoms. The number of carbonyl (C=O) groups excluding carboxylic acids is 1. The number of quaternary nitrogens is 1. The molecule has 0 bridgehead atoms. The molecule has 0 aliphatic heterocycles. The third kappa shape index (κ3) is 41.7. The first-order chi connectivity index (χ1) is 24.0. The molecule has 0 atom stereocenters. The summed E-state index contributed by atoms with van der Waals surface area (Å²) >= 11 is 0. The van der Waals surface area contributed by atoms with E-state index in [1.807, 2.05) is 0 Å². The lowest BCUT2D eigenvalue weighted by molar-refractivity contribution is -0.929. The summed E-state index contributed by atoms with van der Waals surface area (Å²) < 4.78 is 1.48. The fourth-order valence-corrected chi connectivity index (χ4v) is 7.51. The predicted octanol–water partition coefficient (Wildman–Crippen LogP) is 14.7. The zero-order valence-electron chi connectivity index (χ0n) is 35.0. The zero-order valence-corrected chi connectivity index (χ0v) is 35.0. The zero-order chi connectivity index (χ0) is 36.4. The second-order valence-electron chi connectivity index (χ2n) is 16.0. The van der Waals surface area contributed by atoms with Crippen LogP contribution in [0.4, 0.5) is 0 Å². The minimum Gasteiger partial charge on any atom is -0.550 e. The molecule has 0 aromatic rings. The lowest BCUT2D eigenvalue weighted by Gasteiger charge is -2.40. The van der Waals surface area contributed by atoms with Gasteiger partial charge in [0.25, 0.3) is 0 Å². The average molecular weight is 694 g/mol. The van der Waals surface area contributed by atoms with Gasteiger partial charge < -0.3 is 14.4 Å². The lowest BCUT2D eigenvalue weighted by Crippen LogP contribution is -2.50. The maximum atomic E-state index is 10.1. The van der Waals surface area contributed by atoms with Gasteiger partial charge >= 0.3 is 0 Å². The Morgan fingerprint density at radius 1 is 0.306 bits per heavy atom. The molecule has 0 aromatic heterocycles. The maximum Gasteiger partial charge on any atom is 0.0786 e. The van der Waals surface area contributed by atoms with E-state index in [1.165, 1.54) is 243 Å². The van der Waals surface area contributed by atoms with E-state index in [1.54, 1.807) is 0 Å². The summed E-state index contributed by atoms with van der Waals surface area (Å²) in [6, 6.07) is 0. The number of carboxylic acid groups (broad SMARTS) is 1. The Bertz CT molecular complexity index is 536. The molecule has 0 saturated heterocycles. The highest BCUT2D eigenvalue weighted by Gasteiger charge is 2.25. The normalized spacial score (nSPS) is 11.5. The van der Waals surface area contributed by atoms with Crippen molar-refractivity contribution >= 4 is 5.97 Å². The number of aliphatic carboxylic acids is 1. The van der Waals surface area contributed by atoms with Crippen LogP contribution in [-0.2, 0) is 4.79 Å². The van der Waals surface area contributed by atoms with Crippen molar-refractivity contribution in [1.29, 1.82) is 0 Å². The molecule has 0 radical (unpaired) electrons. The minimum atomic E-state index is -0.907. The van der Waals surface area contributed by atoms with Gasteiger partial charge in [0.05, 0.1) is 26.2 Å². The summed E-state index contributed by atoms with van der Waals surface area (Å²) in [7, 11) is 0. The van der Waals surface area contributed by atoms with Crippen molar-refractivity contribution in [2.45, 2.75) is 266 Å². The van der Waals surface area contributed by atoms with Crippen LogP contribution in [0.3, 0.4) is 0 Å². The molecule has 296 valence electrons. The highest BCUT2D eigenvalue weighted by molar-refractivity contribution is 5.64. The Morgan fingerprint density at radius 3 is 0.694 bits per heavy atom. The van der Waals surface area contributed by atoms with E-state index in [-0.39, 0.29) is 6.42 Å². The van der Waals surface area contributed by atoms with Gasteiger partial charge in [-0.2, -0.15) is 0 Å². The first-order valence-electron chi connectivity index (χ1n) is 23.1. The Balaban J connectivity index is 0. The van der Waals surface area contributed by atoms with Gasteiger partial charge in [0.2, 0.25) is 0 Å². The molecule has 0 unspecified atom stereocenters. The first-order valence-corrected chi connectivity index (χ1v) is 23.1. The van der Waals surface area contributed by atoms with Gasteiger partial charge in [0.1, 0.15) is 0 Å². The number of carbonyl (C=O) groups is 1. The minimum absolute atomic E-state index is 0.233. The molecule has 3 heteroatoms. The van der Waals surface area contributed by atoms with E-state index in [2.05, 4.69) is 34.6 Å². The molecule has 0 fully saturated rings. The molecule has 0 aliphatic carbocycles. The van der Waals surface area contributed by atoms with Crippen molar-refractivity contribution in [2.75, 3.05) is 26.2 Å². The molecule has 0 saturated carbocycles. The largest absolute Gasteiger partial charge is 0.550 e. The smallest absolute Gasteiger partial charge is 0.0786 e. The topological polar surface area (TPSA) is 40.1 Å². The monoisotopic (exact) mass is 694 g/mol. The summed E-state index contributed by atoms with van der Waals surface area (Å²) in [6.45, 7) is 17.5. The Hall–Kier alpha value is -0.570. The van der Waals surface area contributed by atoms with Crippen LogP contribution in [0, 0.1) is 0 Å². The summed E-state index contributed by atoms with van der Waals surface area (Å²) in [5.74, 6) is -0.907. The van der Waals surface area contributed by atoms with Crippen molar-refractivity contribution < 1.29 is 14.4 Å². The summed E-state index contributed by atoms with van der Waals surface area (Å²) in [4.78, 5) is 10.1. The summed E-state index contributed by atoms with van der Waals surface area (Å²) in [5.41, 5.74) is 0. The molecule has 0 heterocycles. The van der Waals surface area contributed by atoms with E-state index in [9.17, 15) is 9.90 Å². The highest BCUT2D eigenvalue weighted by atomic mass is 16.4. The van der Waals surface area contributed by atoms with Crippen LogP contribution in [0.15, 0.2) is 0 Å². The SMILES string of the molecule is CCCCCCCCCCCCCC(=O)[O-].CCCCCCCC[N+](CCCCCCCC)(CCCCCCCC)CCCCCCCC. The summed E-state index contributed by atoms with van der Waals surface area (Å²) in [6.07, 6.45) is 48.8. The van der Waals surface area contributed by atoms with Gasteiger partial charge in [-0.1, -0.05) is 202 Å². The Morgan fingerprint density at radius 2 is 0.490 bits per heavy atom. The third-order valence-corrected chi connectivity index (χ3v) is 10.9. The van der Waals surface area contributed by atoms with E-state index < -0.39 is 5.97 Å². The fraction of sp³-hybridized carbons (Fsp3) is 0.978. The van der Waals surface area contributed by atoms with Gasteiger partial charge in [-0.25, -0.2) is 0 Å². The second-order valence-corrected chi connectivity index (χ2v) is 16.0. The maximum absolute atomic E-state index is 10.1.